The topological polar surface area (TPSA) is 237 Å². The van der Waals surface area contributed by atoms with Gasteiger partial charge in [0, 0.05) is 25.7 Å². The summed E-state index contributed by atoms with van der Waals surface area (Å²) in [5, 5.41) is 10.6. The average molecular weight is 1350 g/mol. The second-order valence-electron chi connectivity index (χ2n) is 27.1. The fourth-order valence-corrected chi connectivity index (χ4v) is 12.7. The van der Waals surface area contributed by atoms with Crippen molar-refractivity contribution in [3.05, 3.63) is 0 Å². The minimum Gasteiger partial charge on any atom is -0.462 e. The highest BCUT2D eigenvalue weighted by molar-refractivity contribution is 7.47. The molecule has 0 amide bonds. The highest BCUT2D eigenvalue weighted by atomic mass is 31.2. The smallest absolute Gasteiger partial charge is 0.462 e. The Bertz CT molecular complexity index is 1790. The van der Waals surface area contributed by atoms with Gasteiger partial charge in [-0.25, -0.2) is 9.13 Å². The van der Waals surface area contributed by atoms with Crippen molar-refractivity contribution in [1.82, 2.24) is 0 Å². The van der Waals surface area contributed by atoms with Gasteiger partial charge in [-0.15, -0.1) is 0 Å². The average Bonchev–Trinajstić information content (AvgIpc) is 2.90. The fraction of sp³-hybridized carbons (Fsp3) is 0.945. The van der Waals surface area contributed by atoms with Crippen molar-refractivity contribution < 1.29 is 80.2 Å². The molecule has 0 aromatic rings. The minimum absolute atomic E-state index is 0.103. The van der Waals surface area contributed by atoms with Crippen LogP contribution in [-0.4, -0.2) is 96.7 Å². The number of aliphatic hydroxyl groups excluding tert-OH is 1. The molecule has 3 N–H and O–H groups in total. The first-order valence-electron chi connectivity index (χ1n) is 38.0. The number of carbonyl (C=O) groups excluding carboxylic acids is 4. The van der Waals surface area contributed by atoms with Gasteiger partial charge in [0.25, 0.3) is 0 Å². The summed E-state index contributed by atoms with van der Waals surface area (Å²) in [7, 11) is -9.90. The summed E-state index contributed by atoms with van der Waals surface area (Å²) in [6, 6.07) is 0. The Hall–Kier alpha value is -1.94. The highest BCUT2D eigenvalue weighted by Gasteiger charge is 2.30. The molecule has 0 saturated heterocycles. The zero-order valence-corrected chi connectivity index (χ0v) is 61.6. The Kier molecular flexibility index (Phi) is 63.7. The quantitative estimate of drug-likeness (QED) is 0.0222. The van der Waals surface area contributed by atoms with Crippen LogP contribution in [0.15, 0.2) is 0 Å². The second-order valence-corrected chi connectivity index (χ2v) is 30.0. The van der Waals surface area contributed by atoms with E-state index in [1.54, 1.807) is 0 Å². The molecule has 546 valence electrons. The summed E-state index contributed by atoms with van der Waals surface area (Å²) < 4.78 is 68.3. The summed E-state index contributed by atoms with van der Waals surface area (Å²) in [6.45, 7) is 9.54. The summed E-state index contributed by atoms with van der Waals surface area (Å²) in [4.78, 5) is 72.5. The predicted molar refractivity (Wildman–Crippen MR) is 372 cm³/mol. The summed E-state index contributed by atoms with van der Waals surface area (Å²) in [6.07, 6.45) is 51.5. The van der Waals surface area contributed by atoms with Crippen LogP contribution >= 0.6 is 15.6 Å². The van der Waals surface area contributed by atoms with Crippen LogP contribution in [0.1, 0.15) is 375 Å². The fourth-order valence-electron chi connectivity index (χ4n) is 11.1. The maximum absolute atomic E-state index is 13.0. The van der Waals surface area contributed by atoms with E-state index in [1.165, 1.54) is 186 Å². The maximum Gasteiger partial charge on any atom is 0.472 e. The third-order valence-electron chi connectivity index (χ3n) is 17.3. The van der Waals surface area contributed by atoms with Crippen molar-refractivity contribution in [3.63, 3.8) is 0 Å². The third kappa shape index (κ3) is 65.4. The van der Waals surface area contributed by atoms with Gasteiger partial charge >= 0.3 is 39.5 Å². The molecule has 3 unspecified atom stereocenters. The van der Waals surface area contributed by atoms with Gasteiger partial charge < -0.3 is 33.8 Å². The zero-order chi connectivity index (χ0) is 67.9. The van der Waals surface area contributed by atoms with Gasteiger partial charge in [-0.3, -0.25) is 37.3 Å². The molecular formula is C73H142O17P2. The normalized spacial score (nSPS) is 14.4. The summed E-state index contributed by atoms with van der Waals surface area (Å²) in [5.74, 6) is -0.558. The zero-order valence-electron chi connectivity index (χ0n) is 59.9. The van der Waals surface area contributed by atoms with Gasteiger partial charge in [-0.05, 0) is 37.5 Å². The highest BCUT2D eigenvalue weighted by Crippen LogP contribution is 2.45. The number of hydrogen-bond acceptors (Lipinski definition) is 15. The molecule has 0 aromatic carbocycles. The van der Waals surface area contributed by atoms with E-state index in [2.05, 4.69) is 41.5 Å². The molecule has 0 bridgehead atoms. The molecule has 0 aliphatic heterocycles. The number of hydrogen-bond donors (Lipinski definition) is 3. The first-order valence-corrected chi connectivity index (χ1v) is 41.0. The van der Waals surface area contributed by atoms with Crippen molar-refractivity contribution in [3.8, 4) is 0 Å². The molecule has 0 heterocycles. The minimum atomic E-state index is -4.95. The van der Waals surface area contributed by atoms with Gasteiger partial charge in [-0.1, -0.05) is 324 Å². The number of rotatable bonds is 72. The van der Waals surface area contributed by atoms with E-state index in [0.717, 1.165) is 102 Å². The number of unbranched alkanes of at least 4 members (excludes halogenated alkanes) is 41. The lowest BCUT2D eigenvalue weighted by Gasteiger charge is -2.21. The Labute approximate surface area is 562 Å². The molecule has 0 radical (unpaired) electrons. The lowest BCUT2D eigenvalue weighted by molar-refractivity contribution is -0.161. The molecule has 0 rings (SSSR count). The van der Waals surface area contributed by atoms with Crippen LogP contribution in [0.25, 0.3) is 0 Å². The molecule has 0 aliphatic rings. The van der Waals surface area contributed by atoms with Crippen molar-refractivity contribution in [2.45, 2.75) is 394 Å². The lowest BCUT2D eigenvalue weighted by atomic mass is 9.99. The second kappa shape index (κ2) is 65.0. The number of esters is 4. The van der Waals surface area contributed by atoms with Gasteiger partial charge in [0.2, 0.25) is 0 Å². The maximum atomic E-state index is 13.0. The van der Waals surface area contributed by atoms with E-state index in [0.29, 0.717) is 31.6 Å². The molecule has 19 heteroatoms. The van der Waals surface area contributed by atoms with E-state index >= 15 is 0 Å². The van der Waals surface area contributed by atoms with E-state index in [-0.39, 0.29) is 25.7 Å². The van der Waals surface area contributed by atoms with E-state index in [4.69, 9.17) is 37.0 Å². The lowest BCUT2D eigenvalue weighted by Crippen LogP contribution is -2.30. The van der Waals surface area contributed by atoms with Crippen LogP contribution < -0.4 is 0 Å². The Morgan fingerprint density at radius 3 is 0.826 bits per heavy atom. The van der Waals surface area contributed by atoms with Crippen LogP contribution in [0, 0.1) is 11.8 Å². The van der Waals surface area contributed by atoms with E-state index < -0.39 is 97.5 Å². The Morgan fingerprint density at radius 1 is 0.315 bits per heavy atom. The Morgan fingerprint density at radius 2 is 0.554 bits per heavy atom. The molecule has 92 heavy (non-hydrogen) atoms. The van der Waals surface area contributed by atoms with E-state index in [1.807, 2.05) is 0 Å². The molecular weight excluding hydrogens is 1210 g/mol. The van der Waals surface area contributed by atoms with Crippen LogP contribution in [0.3, 0.4) is 0 Å². The van der Waals surface area contributed by atoms with E-state index in [9.17, 15) is 43.2 Å². The molecule has 17 nitrogen and oxygen atoms in total. The van der Waals surface area contributed by atoms with Gasteiger partial charge in [0.15, 0.2) is 12.2 Å². The Balaban J connectivity index is 5.14. The van der Waals surface area contributed by atoms with Crippen LogP contribution in [0.2, 0.25) is 0 Å². The van der Waals surface area contributed by atoms with Crippen molar-refractivity contribution in [1.29, 1.82) is 0 Å². The standard InChI is InChI=1S/C73H142O17P2/c1-7-10-12-14-16-18-19-29-32-38-44-50-56-71(76)84-62-68(89-72(77)57-51-45-39-33-30-27-25-23-21-20-22-24-26-28-31-36-42-48-54-66(6)9-3)63-87-91(79,80)85-59-67(74)60-86-92(81,82)88-64-69(61-83-70(75)55-49-43-37-17-15-13-11-8-2)90-73(78)58-52-46-40-34-35-41-47-53-65(4)5/h65-69,74H,7-64H2,1-6H3,(H,79,80)(H,81,82)/t66?,67-,68-,69-/m1/s1. The van der Waals surface area contributed by atoms with Gasteiger partial charge in [-0.2, -0.15) is 0 Å². The number of phosphoric acid groups is 2. The first-order chi connectivity index (χ1) is 44.4. The molecule has 0 fully saturated rings. The number of phosphoric ester groups is 2. The molecule has 0 aliphatic carbocycles. The van der Waals surface area contributed by atoms with Crippen LogP contribution in [-0.2, 0) is 65.4 Å². The monoisotopic (exact) mass is 1350 g/mol. The van der Waals surface area contributed by atoms with Crippen molar-refractivity contribution >= 4 is 39.5 Å². The first kappa shape index (κ1) is 90.1. The van der Waals surface area contributed by atoms with Crippen molar-refractivity contribution in [2.75, 3.05) is 39.6 Å². The van der Waals surface area contributed by atoms with Crippen LogP contribution in [0.4, 0.5) is 0 Å². The largest absolute Gasteiger partial charge is 0.472 e. The molecule has 0 saturated carbocycles. The molecule has 6 atom stereocenters. The SMILES string of the molecule is CCCCCCCCCCCCCCC(=O)OC[C@H](COP(=O)(O)OC[C@@H](O)COP(=O)(O)OC[C@@H](COC(=O)CCCCCCCCCC)OC(=O)CCCCCCCCCC(C)C)OC(=O)CCCCCCCCCCCCCCCCCCCCC(C)CC. The summed E-state index contributed by atoms with van der Waals surface area (Å²) in [5.41, 5.74) is 0. The van der Waals surface area contributed by atoms with Gasteiger partial charge in [0.1, 0.15) is 19.3 Å². The number of aliphatic hydroxyl groups is 1. The third-order valence-corrected chi connectivity index (χ3v) is 19.2. The van der Waals surface area contributed by atoms with Crippen LogP contribution in [0.5, 0.6) is 0 Å². The molecule has 0 aromatic heterocycles. The number of ether oxygens (including phenoxy) is 4. The summed E-state index contributed by atoms with van der Waals surface area (Å²) >= 11 is 0. The van der Waals surface area contributed by atoms with Crippen molar-refractivity contribution in [2.24, 2.45) is 11.8 Å². The predicted octanol–water partition coefficient (Wildman–Crippen LogP) is 21.2. The molecule has 0 spiro atoms. The van der Waals surface area contributed by atoms with Gasteiger partial charge in [0.05, 0.1) is 26.4 Å². The number of carbonyl (C=O) groups is 4.